The van der Waals surface area contributed by atoms with E-state index in [4.69, 9.17) is 30.8 Å². The van der Waals surface area contributed by atoms with Crippen LogP contribution >= 0.6 is 11.6 Å². The summed E-state index contributed by atoms with van der Waals surface area (Å²) in [6.07, 6.45) is 7.07. The minimum Gasteiger partial charge on any atom is -0.443 e. The molecular weight excluding hydrogens is 556 g/mol. The lowest BCUT2D eigenvalue weighted by atomic mass is 9.85. The maximum absolute atomic E-state index is 13.6. The van der Waals surface area contributed by atoms with Gasteiger partial charge in [-0.05, 0) is 97.0 Å². The molecule has 1 aliphatic carbocycles. The van der Waals surface area contributed by atoms with Crippen molar-refractivity contribution in [2.75, 3.05) is 38.3 Å². The minimum absolute atomic E-state index is 0.0707. The normalized spacial score (nSPS) is 23.9. The van der Waals surface area contributed by atoms with Crippen LogP contribution < -0.4 is 4.90 Å². The molecular formula is C31H41ClN6O4. The fourth-order valence-corrected chi connectivity index (χ4v) is 6.68. The summed E-state index contributed by atoms with van der Waals surface area (Å²) in [6, 6.07) is 4.37. The number of methoxy groups -OCH3 is 1. The van der Waals surface area contributed by atoms with Crippen LogP contribution in [-0.2, 0) is 14.2 Å². The van der Waals surface area contributed by atoms with Crippen molar-refractivity contribution in [1.82, 2.24) is 24.6 Å². The summed E-state index contributed by atoms with van der Waals surface area (Å²) in [7, 11) is 1.76. The van der Waals surface area contributed by atoms with Gasteiger partial charge in [-0.25, -0.2) is 19.7 Å². The number of aromatic nitrogens is 4. The summed E-state index contributed by atoms with van der Waals surface area (Å²) in [5.74, 6) is 0.544. The van der Waals surface area contributed by atoms with E-state index in [2.05, 4.69) is 28.0 Å². The number of hydrogen-bond acceptors (Lipinski definition) is 8. The average molecular weight is 597 g/mol. The Kier molecular flexibility index (Phi) is 7.70. The standard InChI is InChI=1S/C31H41ClN6O4/c1-19-26(16-34-38(19)22-7-8-22)37(29(39)42-30(2,3)4)28-33-15-21-13-24(32)23(14-25(21)35-28)20-9-11-36(12-10-20)31(5)18-41-17-27(31)40-6/h13-16,20,22,27H,7-12,17-18H2,1-6H3/t27-,31+/m0/s1. The zero-order chi connectivity index (χ0) is 29.8. The van der Waals surface area contributed by atoms with Gasteiger partial charge in [0.15, 0.2) is 0 Å². The zero-order valence-corrected chi connectivity index (χ0v) is 26.1. The maximum Gasteiger partial charge on any atom is 0.422 e. The Labute approximate surface area is 252 Å². The first-order valence-electron chi connectivity index (χ1n) is 14.9. The number of anilines is 2. The number of carbonyl (C=O) groups is 1. The number of nitrogens with zero attached hydrogens (tertiary/aromatic N) is 6. The van der Waals surface area contributed by atoms with Crippen molar-refractivity contribution in [3.63, 3.8) is 0 Å². The van der Waals surface area contributed by atoms with Crippen molar-refractivity contribution in [3.8, 4) is 0 Å². The van der Waals surface area contributed by atoms with E-state index in [0.717, 1.165) is 60.9 Å². The Morgan fingerprint density at radius 3 is 2.57 bits per heavy atom. The Morgan fingerprint density at radius 2 is 1.90 bits per heavy atom. The number of likely N-dealkylation sites (tertiary alicyclic amines) is 1. The average Bonchev–Trinajstić information content (AvgIpc) is 3.61. The molecule has 6 rings (SSSR count). The lowest BCUT2D eigenvalue weighted by Gasteiger charge is -2.44. The van der Waals surface area contributed by atoms with Gasteiger partial charge >= 0.3 is 6.09 Å². The third kappa shape index (κ3) is 5.50. The number of benzene rings is 1. The quantitative estimate of drug-likeness (QED) is 0.333. The molecule has 3 fully saturated rings. The molecule has 2 aliphatic heterocycles. The zero-order valence-electron chi connectivity index (χ0n) is 25.4. The van der Waals surface area contributed by atoms with Gasteiger partial charge in [0.2, 0.25) is 5.95 Å². The predicted octanol–water partition coefficient (Wildman–Crippen LogP) is 6.18. The molecule has 0 radical (unpaired) electrons. The van der Waals surface area contributed by atoms with Crippen molar-refractivity contribution < 1.29 is 19.0 Å². The molecule has 2 aromatic heterocycles. The molecule has 3 aliphatic rings. The summed E-state index contributed by atoms with van der Waals surface area (Å²) in [5, 5.41) is 6.11. The van der Waals surface area contributed by atoms with E-state index < -0.39 is 11.7 Å². The number of fused-ring (bicyclic) bond motifs is 1. The van der Waals surface area contributed by atoms with Gasteiger partial charge in [-0.1, -0.05) is 11.6 Å². The molecule has 2 atom stereocenters. The highest BCUT2D eigenvalue weighted by Crippen LogP contribution is 2.40. The number of carbonyl (C=O) groups excluding carboxylic acids is 1. The Bertz CT molecular complexity index is 1480. The molecule has 4 heterocycles. The molecule has 0 unspecified atom stereocenters. The molecule has 226 valence electrons. The Morgan fingerprint density at radius 1 is 1.17 bits per heavy atom. The summed E-state index contributed by atoms with van der Waals surface area (Å²) in [4.78, 5) is 27.0. The van der Waals surface area contributed by atoms with E-state index in [1.54, 1.807) is 19.5 Å². The monoisotopic (exact) mass is 596 g/mol. The maximum atomic E-state index is 13.6. The first-order valence-corrected chi connectivity index (χ1v) is 15.3. The van der Waals surface area contributed by atoms with E-state index >= 15 is 0 Å². The first-order chi connectivity index (χ1) is 20.0. The van der Waals surface area contributed by atoms with Gasteiger partial charge in [-0.3, -0.25) is 9.58 Å². The largest absolute Gasteiger partial charge is 0.443 e. The molecule has 42 heavy (non-hydrogen) atoms. The second-order valence-corrected chi connectivity index (χ2v) is 13.5. The topological polar surface area (TPSA) is 94.8 Å². The predicted molar refractivity (Wildman–Crippen MR) is 162 cm³/mol. The fourth-order valence-electron chi connectivity index (χ4n) is 6.36. The van der Waals surface area contributed by atoms with Gasteiger partial charge in [0.05, 0.1) is 47.9 Å². The van der Waals surface area contributed by atoms with Gasteiger partial charge in [-0.15, -0.1) is 0 Å². The number of halogens is 1. The Hall–Kier alpha value is -2.79. The third-order valence-electron chi connectivity index (χ3n) is 8.91. The molecule has 2 saturated heterocycles. The second kappa shape index (κ2) is 11.0. The molecule has 0 N–H and O–H groups in total. The Balaban J connectivity index is 1.30. The molecule has 0 spiro atoms. The van der Waals surface area contributed by atoms with Gasteiger partial charge in [0.25, 0.3) is 0 Å². The van der Waals surface area contributed by atoms with Crippen molar-refractivity contribution >= 4 is 40.2 Å². The summed E-state index contributed by atoms with van der Waals surface area (Å²) in [5.41, 5.74) is 2.51. The fraction of sp³-hybridized carbons (Fsp3) is 0.613. The lowest BCUT2D eigenvalue weighted by Crippen LogP contribution is -2.57. The van der Waals surface area contributed by atoms with Crippen LogP contribution in [0.5, 0.6) is 0 Å². The molecule has 1 saturated carbocycles. The van der Waals surface area contributed by atoms with Gasteiger partial charge in [0, 0.05) is 23.7 Å². The van der Waals surface area contributed by atoms with E-state index in [0.29, 0.717) is 35.9 Å². The van der Waals surface area contributed by atoms with Crippen LogP contribution in [0.1, 0.15) is 76.6 Å². The van der Waals surface area contributed by atoms with Crippen molar-refractivity contribution in [2.24, 2.45) is 0 Å². The van der Waals surface area contributed by atoms with Gasteiger partial charge in [0.1, 0.15) is 11.7 Å². The lowest BCUT2D eigenvalue weighted by molar-refractivity contribution is -0.0242. The number of rotatable bonds is 6. The van der Waals surface area contributed by atoms with Crippen molar-refractivity contribution in [1.29, 1.82) is 0 Å². The molecule has 10 nitrogen and oxygen atoms in total. The summed E-state index contributed by atoms with van der Waals surface area (Å²) < 4.78 is 19.3. The highest BCUT2D eigenvalue weighted by molar-refractivity contribution is 6.32. The van der Waals surface area contributed by atoms with Crippen LogP contribution in [0.25, 0.3) is 10.9 Å². The molecule has 3 aromatic rings. The molecule has 1 amide bonds. The van der Waals surface area contributed by atoms with Crippen LogP contribution in [0.2, 0.25) is 5.02 Å². The van der Waals surface area contributed by atoms with Crippen LogP contribution in [-0.4, -0.2) is 81.4 Å². The van der Waals surface area contributed by atoms with E-state index in [9.17, 15) is 4.79 Å². The van der Waals surface area contributed by atoms with Crippen LogP contribution in [0.3, 0.4) is 0 Å². The van der Waals surface area contributed by atoms with Gasteiger partial charge in [-0.2, -0.15) is 5.10 Å². The van der Waals surface area contributed by atoms with E-state index in [-0.39, 0.29) is 17.6 Å². The van der Waals surface area contributed by atoms with E-state index in [1.165, 1.54) is 4.90 Å². The number of piperidine rings is 1. The third-order valence-corrected chi connectivity index (χ3v) is 9.24. The highest BCUT2D eigenvalue weighted by Gasteiger charge is 2.46. The van der Waals surface area contributed by atoms with Crippen LogP contribution in [0.4, 0.5) is 16.4 Å². The first kappa shape index (κ1) is 29.3. The van der Waals surface area contributed by atoms with E-state index in [1.807, 2.05) is 38.4 Å². The highest BCUT2D eigenvalue weighted by atomic mass is 35.5. The molecule has 11 heteroatoms. The molecule has 1 aromatic carbocycles. The van der Waals surface area contributed by atoms with Crippen molar-refractivity contribution in [3.05, 3.63) is 40.8 Å². The van der Waals surface area contributed by atoms with Crippen molar-refractivity contribution in [2.45, 2.75) is 89.5 Å². The van der Waals surface area contributed by atoms with Crippen LogP contribution in [0, 0.1) is 6.92 Å². The SMILES string of the molecule is CO[C@H]1COC[C@@]1(C)N1CCC(c2cc3nc(N(C(=O)OC(C)(C)C)c4cnn(C5CC5)c4C)ncc3cc2Cl)CC1. The second-order valence-electron chi connectivity index (χ2n) is 13.1. The summed E-state index contributed by atoms with van der Waals surface area (Å²) in [6.45, 7) is 12.9. The summed E-state index contributed by atoms with van der Waals surface area (Å²) >= 11 is 6.85. The smallest absolute Gasteiger partial charge is 0.422 e. The number of amides is 1. The number of hydrogen-bond donors (Lipinski definition) is 0. The minimum atomic E-state index is -0.687. The number of ether oxygens (including phenoxy) is 3. The van der Waals surface area contributed by atoms with Crippen LogP contribution in [0.15, 0.2) is 24.5 Å². The molecule has 0 bridgehead atoms. The van der Waals surface area contributed by atoms with Gasteiger partial charge < -0.3 is 14.2 Å².